The van der Waals surface area contributed by atoms with Gasteiger partial charge < -0.3 is 9.64 Å². The van der Waals surface area contributed by atoms with E-state index in [-0.39, 0.29) is 5.91 Å². The lowest BCUT2D eigenvalue weighted by Gasteiger charge is -2.21. The Balaban J connectivity index is 2.10. The summed E-state index contributed by atoms with van der Waals surface area (Å²) in [5.74, 6) is -0.0173. The van der Waals surface area contributed by atoms with Gasteiger partial charge in [-0.1, -0.05) is 0 Å². The van der Waals surface area contributed by atoms with Gasteiger partial charge in [-0.05, 0) is 34.5 Å². The molecule has 0 spiro atoms. The molecule has 0 aliphatic carbocycles. The molecule has 19 heavy (non-hydrogen) atoms. The summed E-state index contributed by atoms with van der Waals surface area (Å²) in [6.45, 7) is 1.69. The second kappa shape index (κ2) is 7.01. The number of hydrogen-bond donors (Lipinski definition) is 0. The fourth-order valence-electron chi connectivity index (χ4n) is 1.73. The largest absolute Gasteiger partial charge is 0.383 e. The molecule has 2 rings (SSSR count). The Hall–Kier alpha value is -1.72. The van der Waals surface area contributed by atoms with Crippen LogP contribution in [0.3, 0.4) is 0 Å². The van der Waals surface area contributed by atoms with Gasteiger partial charge in [0.2, 0.25) is 0 Å². The molecule has 100 valence electrons. The summed E-state index contributed by atoms with van der Waals surface area (Å²) in [5, 5.41) is 4.06. The predicted octanol–water partition coefficient (Wildman–Crippen LogP) is 2.43. The summed E-state index contributed by atoms with van der Waals surface area (Å²) in [7, 11) is 1.64. The van der Waals surface area contributed by atoms with E-state index in [0.717, 1.165) is 5.56 Å². The van der Waals surface area contributed by atoms with Gasteiger partial charge in [-0.2, -0.15) is 11.3 Å². The van der Waals surface area contributed by atoms with Crippen LogP contribution in [0.1, 0.15) is 15.9 Å². The number of thiophene rings is 1. The van der Waals surface area contributed by atoms with Crippen LogP contribution in [-0.2, 0) is 11.3 Å². The number of hydrogen-bond acceptors (Lipinski definition) is 4. The quantitative estimate of drug-likeness (QED) is 0.814. The molecule has 0 saturated carbocycles. The summed E-state index contributed by atoms with van der Waals surface area (Å²) in [4.78, 5) is 18.2. The molecule has 2 heterocycles. The second-order valence-corrected chi connectivity index (χ2v) is 4.87. The van der Waals surface area contributed by atoms with Crippen LogP contribution in [0.15, 0.2) is 41.4 Å². The molecule has 2 aromatic rings. The van der Waals surface area contributed by atoms with Crippen molar-refractivity contribution in [1.82, 2.24) is 9.88 Å². The topological polar surface area (TPSA) is 42.4 Å². The molecular weight excluding hydrogens is 260 g/mol. The van der Waals surface area contributed by atoms with Crippen molar-refractivity contribution in [2.45, 2.75) is 6.54 Å². The molecule has 0 atom stereocenters. The van der Waals surface area contributed by atoms with Crippen molar-refractivity contribution >= 4 is 17.2 Å². The Kier molecular flexibility index (Phi) is 5.06. The number of aromatic nitrogens is 1. The normalized spacial score (nSPS) is 10.4. The first kappa shape index (κ1) is 13.7. The highest BCUT2D eigenvalue weighted by molar-refractivity contribution is 7.07. The number of amides is 1. The third-order valence-electron chi connectivity index (χ3n) is 2.71. The van der Waals surface area contributed by atoms with Gasteiger partial charge in [-0.15, -0.1) is 0 Å². The van der Waals surface area contributed by atoms with Gasteiger partial charge in [0.05, 0.1) is 12.2 Å². The smallest absolute Gasteiger partial charge is 0.255 e. The molecule has 0 saturated heterocycles. The number of rotatable bonds is 6. The first-order valence-corrected chi connectivity index (χ1v) is 6.95. The first-order chi connectivity index (χ1) is 9.31. The molecule has 0 N–H and O–H groups in total. The maximum Gasteiger partial charge on any atom is 0.255 e. The molecule has 0 bridgehead atoms. The fraction of sp³-hybridized carbons (Fsp3) is 0.286. The molecule has 0 aliphatic rings. The van der Waals surface area contributed by atoms with E-state index in [1.165, 1.54) is 0 Å². The maximum atomic E-state index is 12.4. The summed E-state index contributed by atoms with van der Waals surface area (Å²) in [6.07, 6.45) is 3.25. The van der Waals surface area contributed by atoms with E-state index in [2.05, 4.69) is 10.4 Å². The zero-order chi connectivity index (χ0) is 13.5. The zero-order valence-electron chi connectivity index (χ0n) is 10.8. The lowest BCUT2D eigenvalue weighted by atomic mass is 10.2. The third-order valence-corrected chi connectivity index (χ3v) is 3.45. The fourth-order valence-corrected chi connectivity index (χ4v) is 2.39. The van der Waals surface area contributed by atoms with Gasteiger partial charge in [-0.25, -0.2) is 0 Å². The predicted molar refractivity (Wildman–Crippen MR) is 75.2 cm³/mol. The summed E-state index contributed by atoms with van der Waals surface area (Å²) >= 11 is 1.63. The van der Waals surface area contributed by atoms with Crippen molar-refractivity contribution < 1.29 is 9.53 Å². The molecule has 1 amide bonds. The van der Waals surface area contributed by atoms with E-state index >= 15 is 0 Å². The minimum absolute atomic E-state index is 0.0173. The Morgan fingerprint density at radius 2 is 2.37 bits per heavy atom. The Morgan fingerprint density at radius 3 is 3.00 bits per heavy atom. The molecule has 5 heteroatoms. The molecule has 0 radical (unpaired) electrons. The van der Waals surface area contributed by atoms with E-state index in [1.807, 2.05) is 11.4 Å². The van der Waals surface area contributed by atoms with Crippen molar-refractivity contribution in [3.05, 3.63) is 52.5 Å². The van der Waals surface area contributed by atoms with Crippen LogP contribution in [0.25, 0.3) is 0 Å². The molecule has 0 aliphatic heterocycles. The Bertz CT molecular complexity index is 499. The van der Waals surface area contributed by atoms with Gasteiger partial charge in [0, 0.05) is 32.6 Å². The van der Waals surface area contributed by atoms with Crippen LogP contribution >= 0.6 is 11.3 Å². The highest BCUT2D eigenvalue weighted by Gasteiger charge is 2.16. The lowest BCUT2D eigenvalue weighted by Crippen LogP contribution is -2.33. The van der Waals surface area contributed by atoms with Crippen LogP contribution in [0.4, 0.5) is 0 Å². The monoisotopic (exact) mass is 276 g/mol. The number of methoxy groups -OCH3 is 1. The molecule has 0 unspecified atom stereocenters. The van der Waals surface area contributed by atoms with E-state index in [1.54, 1.807) is 47.9 Å². The van der Waals surface area contributed by atoms with E-state index in [0.29, 0.717) is 25.3 Å². The van der Waals surface area contributed by atoms with Crippen LogP contribution in [0.5, 0.6) is 0 Å². The number of ether oxygens (including phenoxy) is 1. The van der Waals surface area contributed by atoms with Gasteiger partial charge >= 0.3 is 0 Å². The first-order valence-electron chi connectivity index (χ1n) is 6.00. The third kappa shape index (κ3) is 3.87. The van der Waals surface area contributed by atoms with E-state index < -0.39 is 0 Å². The van der Waals surface area contributed by atoms with Crippen molar-refractivity contribution in [2.75, 3.05) is 20.3 Å². The molecule has 4 nitrogen and oxygen atoms in total. The molecular formula is C14H16N2O2S. The van der Waals surface area contributed by atoms with Crippen molar-refractivity contribution in [3.8, 4) is 0 Å². The average molecular weight is 276 g/mol. The standard InChI is InChI=1S/C14H16N2O2S/c1-18-7-6-16(10-12-4-8-19-11-12)14(17)13-3-2-5-15-9-13/h2-5,8-9,11H,6-7,10H2,1H3. The van der Waals surface area contributed by atoms with E-state index in [4.69, 9.17) is 4.74 Å². The van der Waals surface area contributed by atoms with Gasteiger partial charge in [0.25, 0.3) is 5.91 Å². The average Bonchev–Trinajstić information content (AvgIpc) is 2.96. The maximum absolute atomic E-state index is 12.4. The van der Waals surface area contributed by atoms with E-state index in [9.17, 15) is 4.79 Å². The zero-order valence-corrected chi connectivity index (χ0v) is 11.6. The number of pyridine rings is 1. The Labute approximate surface area is 116 Å². The minimum atomic E-state index is -0.0173. The molecule has 2 aromatic heterocycles. The SMILES string of the molecule is COCCN(Cc1ccsc1)C(=O)c1cccnc1. The summed E-state index contributed by atoms with van der Waals surface area (Å²) in [6, 6.07) is 5.58. The van der Waals surface area contributed by atoms with Crippen LogP contribution < -0.4 is 0 Å². The van der Waals surface area contributed by atoms with Crippen molar-refractivity contribution in [2.24, 2.45) is 0 Å². The summed E-state index contributed by atoms with van der Waals surface area (Å²) < 4.78 is 5.07. The summed E-state index contributed by atoms with van der Waals surface area (Å²) in [5.41, 5.74) is 1.74. The highest BCUT2D eigenvalue weighted by atomic mass is 32.1. The number of carbonyl (C=O) groups excluding carboxylic acids is 1. The van der Waals surface area contributed by atoms with Crippen molar-refractivity contribution in [3.63, 3.8) is 0 Å². The van der Waals surface area contributed by atoms with Gasteiger partial charge in [0.15, 0.2) is 0 Å². The molecule has 0 fully saturated rings. The highest BCUT2D eigenvalue weighted by Crippen LogP contribution is 2.12. The lowest BCUT2D eigenvalue weighted by molar-refractivity contribution is 0.0680. The van der Waals surface area contributed by atoms with Gasteiger partial charge in [-0.3, -0.25) is 9.78 Å². The van der Waals surface area contributed by atoms with Crippen LogP contribution in [0, 0.1) is 0 Å². The van der Waals surface area contributed by atoms with Gasteiger partial charge in [0.1, 0.15) is 0 Å². The number of nitrogens with zero attached hydrogens (tertiary/aromatic N) is 2. The Morgan fingerprint density at radius 1 is 1.47 bits per heavy atom. The number of carbonyl (C=O) groups is 1. The van der Waals surface area contributed by atoms with Crippen molar-refractivity contribution in [1.29, 1.82) is 0 Å². The molecule has 0 aromatic carbocycles. The second-order valence-electron chi connectivity index (χ2n) is 4.09. The minimum Gasteiger partial charge on any atom is -0.383 e. The van der Waals surface area contributed by atoms with Crippen LogP contribution in [0.2, 0.25) is 0 Å². The van der Waals surface area contributed by atoms with Crippen LogP contribution in [-0.4, -0.2) is 36.1 Å².